The molecular formula is C22H26FN3O3. The summed E-state index contributed by atoms with van der Waals surface area (Å²) in [7, 11) is 0. The van der Waals surface area contributed by atoms with E-state index in [2.05, 4.69) is 10.6 Å². The Bertz CT molecular complexity index is 846. The number of carbonyl (C=O) groups excluding carboxylic acids is 2. The van der Waals surface area contributed by atoms with Gasteiger partial charge in [0, 0.05) is 24.6 Å². The molecule has 1 fully saturated rings. The third-order valence-corrected chi connectivity index (χ3v) is 5.23. The molecule has 3 N–H and O–H groups in total. The van der Waals surface area contributed by atoms with Gasteiger partial charge in [-0.1, -0.05) is 43.3 Å². The van der Waals surface area contributed by atoms with Gasteiger partial charge in [-0.05, 0) is 30.2 Å². The smallest absolute Gasteiger partial charge is 0.318 e. The summed E-state index contributed by atoms with van der Waals surface area (Å²) in [6.07, 6.45) is 0.798. The molecule has 1 saturated heterocycles. The lowest BCUT2D eigenvalue weighted by atomic mass is 9.75. The van der Waals surface area contributed by atoms with Crippen LogP contribution in [0.1, 0.15) is 35.2 Å². The number of hydrogen-bond donors (Lipinski definition) is 3. The summed E-state index contributed by atoms with van der Waals surface area (Å²) in [6.45, 7) is 2.52. The Balaban J connectivity index is 1.77. The van der Waals surface area contributed by atoms with Gasteiger partial charge in [0.2, 0.25) is 0 Å². The van der Waals surface area contributed by atoms with Crippen molar-refractivity contribution in [2.45, 2.75) is 31.3 Å². The van der Waals surface area contributed by atoms with Gasteiger partial charge in [0.1, 0.15) is 5.82 Å². The first-order valence-electron chi connectivity index (χ1n) is 9.82. The third kappa shape index (κ3) is 4.56. The average molecular weight is 399 g/mol. The summed E-state index contributed by atoms with van der Waals surface area (Å²) in [5, 5.41) is 15.6. The monoisotopic (exact) mass is 399 g/mol. The molecule has 29 heavy (non-hydrogen) atoms. The van der Waals surface area contributed by atoms with E-state index in [4.69, 9.17) is 0 Å². The molecule has 1 aliphatic heterocycles. The van der Waals surface area contributed by atoms with E-state index in [1.54, 1.807) is 4.90 Å². The maximum Gasteiger partial charge on any atom is 0.318 e. The Morgan fingerprint density at radius 3 is 2.48 bits per heavy atom. The topological polar surface area (TPSA) is 81.7 Å². The predicted molar refractivity (Wildman–Crippen MR) is 108 cm³/mol. The average Bonchev–Trinajstić information content (AvgIpc) is 2.72. The Morgan fingerprint density at radius 2 is 1.83 bits per heavy atom. The number of halogens is 1. The van der Waals surface area contributed by atoms with Crippen LogP contribution in [0.2, 0.25) is 0 Å². The second-order valence-corrected chi connectivity index (χ2v) is 7.11. The van der Waals surface area contributed by atoms with Crippen molar-refractivity contribution in [1.29, 1.82) is 0 Å². The highest BCUT2D eigenvalue weighted by molar-refractivity contribution is 5.94. The molecule has 0 bridgehead atoms. The minimum Gasteiger partial charge on any atom is -0.394 e. The van der Waals surface area contributed by atoms with Crippen molar-refractivity contribution in [3.05, 3.63) is 71.5 Å². The SMILES string of the molecule is CCCNC(=O)N1[C@H](CNC(=O)c2cccc(F)c2)[C@H](c2ccccc2)[C@@H]1CO. The van der Waals surface area contributed by atoms with Crippen molar-refractivity contribution in [1.82, 2.24) is 15.5 Å². The first-order chi connectivity index (χ1) is 14.1. The number of amides is 3. The molecule has 0 aliphatic carbocycles. The zero-order valence-corrected chi connectivity index (χ0v) is 16.3. The van der Waals surface area contributed by atoms with E-state index in [9.17, 15) is 19.1 Å². The summed E-state index contributed by atoms with van der Waals surface area (Å²) >= 11 is 0. The Kier molecular flexibility index (Phi) is 6.82. The van der Waals surface area contributed by atoms with Crippen molar-refractivity contribution in [3.8, 4) is 0 Å². The zero-order valence-electron chi connectivity index (χ0n) is 16.3. The fraction of sp³-hybridized carbons (Fsp3) is 0.364. The minimum atomic E-state index is -0.482. The molecule has 3 atom stereocenters. The van der Waals surface area contributed by atoms with Crippen molar-refractivity contribution in [2.75, 3.05) is 19.7 Å². The molecule has 0 unspecified atom stereocenters. The second-order valence-electron chi connectivity index (χ2n) is 7.11. The van der Waals surface area contributed by atoms with Crippen LogP contribution in [0.25, 0.3) is 0 Å². The quantitative estimate of drug-likeness (QED) is 0.669. The summed E-state index contributed by atoms with van der Waals surface area (Å²) < 4.78 is 13.4. The number of carbonyl (C=O) groups is 2. The van der Waals surface area contributed by atoms with E-state index >= 15 is 0 Å². The van der Waals surface area contributed by atoms with Crippen LogP contribution in [0.15, 0.2) is 54.6 Å². The number of aliphatic hydroxyl groups is 1. The van der Waals surface area contributed by atoms with Gasteiger partial charge in [-0.3, -0.25) is 4.79 Å². The molecular weight excluding hydrogens is 373 g/mol. The van der Waals surface area contributed by atoms with Gasteiger partial charge in [0.15, 0.2) is 0 Å². The van der Waals surface area contributed by atoms with E-state index in [-0.39, 0.29) is 42.7 Å². The van der Waals surface area contributed by atoms with Crippen LogP contribution in [-0.2, 0) is 0 Å². The molecule has 3 rings (SSSR count). The fourth-order valence-electron chi connectivity index (χ4n) is 3.85. The number of likely N-dealkylation sites (tertiary alicyclic amines) is 1. The van der Waals surface area contributed by atoms with Crippen molar-refractivity contribution < 1.29 is 19.1 Å². The van der Waals surface area contributed by atoms with Gasteiger partial charge in [0.25, 0.3) is 5.91 Å². The molecule has 154 valence electrons. The number of hydrogen-bond acceptors (Lipinski definition) is 3. The van der Waals surface area contributed by atoms with Crippen LogP contribution >= 0.6 is 0 Å². The molecule has 0 spiro atoms. The predicted octanol–water partition coefficient (Wildman–Crippen LogP) is 2.50. The van der Waals surface area contributed by atoms with Crippen LogP contribution in [0, 0.1) is 5.82 Å². The maximum atomic E-state index is 13.4. The molecule has 0 radical (unpaired) electrons. The number of urea groups is 1. The van der Waals surface area contributed by atoms with Crippen LogP contribution in [-0.4, -0.2) is 53.7 Å². The second kappa shape index (κ2) is 9.52. The molecule has 0 aromatic heterocycles. The van der Waals surface area contributed by atoms with E-state index in [0.717, 1.165) is 12.0 Å². The molecule has 0 saturated carbocycles. The number of aliphatic hydroxyl groups excluding tert-OH is 1. The van der Waals surface area contributed by atoms with E-state index in [1.165, 1.54) is 24.3 Å². The van der Waals surface area contributed by atoms with Gasteiger partial charge < -0.3 is 20.6 Å². The Hall–Kier alpha value is -2.93. The largest absolute Gasteiger partial charge is 0.394 e. The lowest BCUT2D eigenvalue weighted by molar-refractivity contribution is -0.00687. The fourth-order valence-corrected chi connectivity index (χ4v) is 3.85. The van der Waals surface area contributed by atoms with Gasteiger partial charge in [-0.15, -0.1) is 0 Å². The molecule has 2 aromatic rings. The first kappa shape index (κ1) is 20.8. The number of rotatable bonds is 7. The standard InChI is InChI=1S/C22H26FN3O3/c1-2-11-24-22(29)26-18(13-25-21(28)16-9-6-10-17(23)12-16)20(19(26)14-27)15-7-4-3-5-8-15/h3-10,12,18-20,27H,2,11,13-14H2,1H3,(H,24,29)(H,25,28)/t18-,19+,20+/m1/s1. The third-order valence-electron chi connectivity index (χ3n) is 5.23. The molecule has 1 heterocycles. The van der Waals surface area contributed by atoms with Crippen LogP contribution < -0.4 is 10.6 Å². The Morgan fingerprint density at radius 1 is 1.07 bits per heavy atom. The highest BCUT2D eigenvalue weighted by Crippen LogP contribution is 2.40. The summed E-state index contributed by atoms with van der Waals surface area (Å²) in [5.41, 5.74) is 1.22. The molecule has 1 aliphatic rings. The summed E-state index contributed by atoms with van der Waals surface area (Å²) in [5.74, 6) is -0.997. The highest BCUT2D eigenvalue weighted by atomic mass is 19.1. The van der Waals surface area contributed by atoms with Crippen molar-refractivity contribution >= 4 is 11.9 Å². The minimum absolute atomic E-state index is 0.110. The maximum absolute atomic E-state index is 13.4. The number of nitrogens with zero attached hydrogens (tertiary/aromatic N) is 1. The normalized spacial score (nSPS) is 20.7. The van der Waals surface area contributed by atoms with E-state index in [1.807, 2.05) is 37.3 Å². The number of nitrogens with one attached hydrogen (secondary N) is 2. The number of benzene rings is 2. The van der Waals surface area contributed by atoms with Gasteiger partial charge in [-0.25, -0.2) is 9.18 Å². The van der Waals surface area contributed by atoms with Crippen LogP contribution in [0.4, 0.5) is 9.18 Å². The molecule has 6 nitrogen and oxygen atoms in total. The Labute approximate surface area is 169 Å². The van der Waals surface area contributed by atoms with Crippen LogP contribution in [0.5, 0.6) is 0 Å². The van der Waals surface area contributed by atoms with E-state index < -0.39 is 11.7 Å². The molecule has 2 aromatic carbocycles. The lowest BCUT2D eigenvalue weighted by Crippen LogP contribution is -2.70. The van der Waals surface area contributed by atoms with Gasteiger partial charge in [0.05, 0.1) is 18.7 Å². The van der Waals surface area contributed by atoms with Crippen LogP contribution in [0.3, 0.4) is 0 Å². The van der Waals surface area contributed by atoms with Gasteiger partial charge >= 0.3 is 6.03 Å². The highest BCUT2D eigenvalue weighted by Gasteiger charge is 2.51. The van der Waals surface area contributed by atoms with E-state index in [0.29, 0.717) is 6.54 Å². The summed E-state index contributed by atoms with van der Waals surface area (Å²) in [4.78, 5) is 26.7. The molecule has 3 amide bonds. The summed E-state index contributed by atoms with van der Waals surface area (Å²) in [6, 6.07) is 14.2. The van der Waals surface area contributed by atoms with Crippen molar-refractivity contribution in [2.24, 2.45) is 0 Å². The first-order valence-corrected chi connectivity index (χ1v) is 9.82. The van der Waals surface area contributed by atoms with Crippen molar-refractivity contribution in [3.63, 3.8) is 0 Å². The molecule has 7 heteroatoms. The van der Waals surface area contributed by atoms with Gasteiger partial charge in [-0.2, -0.15) is 0 Å². The lowest BCUT2D eigenvalue weighted by Gasteiger charge is -2.54. The zero-order chi connectivity index (χ0) is 20.8.